The molecule has 1 aromatic heterocycles. The Kier molecular flexibility index (Phi) is 4.55. The van der Waals surface area contributed by atoms with Crippen LogP contribution < -0.4 is 10.5 Å². The van der Waals surface area contributed by atoms with Gasteiger partial charge in [0, 0.05) is 24.0 Å². The van der Waals surface area contributed by atoms with E-state index < -0.39 is 5.97 Å². The molecule has 0 aliphatic carbocycles. The van der Waals surface area contributed by atoms with Gasteiger partial charge in [0.15, 0.2) is 0 Å². The highest BCUT2D eigenvalue weighted by molar-refractivity contribution is 5.93. The summed E-state index contributed by atoms with van der Waals surface area (Å²) in [5.41, 5.74) is 7.42. The van der Waals surface area contributed by atoms with E-state index in [1.54, 1.807) is 24.4 Å². The number of anilines is 1. The molecule has 0 bridgehead atoms. The lowest BCUT2D eigenvalue weighted by Crippen LogP contribution is -2.09. The van der Waals surface area contributed by atoms with Crippen LogP contribution in [0, 0.1) is 0 Å². The van der Waals surface area contributed by atoms with E-state index in [4.69, 9.17) is 15.2 Å². The molecule has 0 saturated carbocycles. The molecule has 0 aliphatic heterocycles. The van der Waals surface area contributed by atoms with Gasteiger partial charge in [0.1, 0.15) is 11.3 Å². The maximum Gasteiger partial charge on any atom is 0.341 e. The van der Waals surface area contributed by atoms with E-state index in [-0.39, 0.29) is 0 Å². The average molecular weight is 272 g/mol. The number of aromatic nitrogens is 1. The second kappa shape index (κ2) is 6.56. The summed E-state index contributed by atoms with van der Waals surface area (Å²) < 4.78 is 10.3. The molecule has 2 aromatic rings. The number of methoxy groups -OCH3 is 1. The zero-order valence-electron chi connectivity index (χ0n) is 11.2. The number of nitrogen functional groups attached to an aromatic ring is 1. The lowest BCUT2D eigenvalue weighted by atomic mass is 10.2. The number of rotatable bonds is 5. The topological polar surface area (TPSA) is 74.4 Å². The SMILES string of the molecule is COC(=O)c1cc(N)ccc1OCCc1ccccn1. The number of pyridine rings is 1. The molecule has 0 aliphatic rings. The van der Waals surface area contributed by atoms with Gasteiger partial charge >= 0.3 is 5.97 Å². The van der Waals surface area contributed by atoms with Gasteiger partial charge in [-0.25, -0.2) is 4.79 Å². The quantitative estimate of drug-likeness (QED) is 0.666. The van der Waals surface area contributed by atoms with Crippen molar-refractivity contribution in [1.29, 1.82) is 0 Å². The Balaban J connectivity index is 2.04. The molecule has 5 nitrogen and oxygen atoms in total. The first-order valence-electron chi connectivity index (χ1n) is 6.21. The summed E-state index contributed by atoms with van der Waals surface area (Å²) in [6.45, 7) is 0.422. The highest BCUT2D eigenvalue weighted by Gasteiger charge is 2.13. The van der Waals surface area contributed by atoms with E-state index in [1.165, 1.54) is 7.11 Å². The van der Waals surface area contributed by atoms with Crippen molar-refractivity contribution in [2.45, 2.75) is 6.42 Å². The van der Waals surface area contributed by atoms with E-state index in [1.807, 2.05) is 18.2 Å². The van der Waals surface area contributed by atoms with Crippen molar-refractivity contribution in [2.24, 2.45) is 0 Å². The summed E-state index contributed by atoms with van der Waals surface area (Å²) in [5.74, 6) is -0.00730. The van der Waals surface area contributed by atoms with Crippen molar-refractivity contribution >= 4 is 11.7 Å². The van der Waals surface area contributed by atoms with Gasteiger partial charge in [0.25, 0.3) is 0 Å². The van der Waals surface area contributed by atoms with Crippen molar-refractivity contribution < 1.29 is 14.3 Å². The minimum atomic E-state index is -0.467. The summed E-state index contributed by atoms with van der Waals surface area (Å²) in [7, 11) is 1.32. The van der Waals surface area contributed by atoms with E-state index in [2.05, 4.69) is 4.98 Å². The fourth-order valence-electron chi connectivity index (χ4n) is 1.75. The molecule has 104 valence electrons. The smallest absolute Gasteiger partial charge is 0.341 e. The van der Waals surface area contributed by atoms with Crippen LogP contribution in [-0.4, -0.2) is 24.7 Å². The van der Waals surface area contributed by atoms with Crippen LogP contribution in [0.25, 0.3) is 0 Å². The molecule has 0 spiro atoms. The Morgan fingerprint density at radius 1 is 1.30 bits per heavy atom. The first-order valence-corrected chi connectivity index (χ1v) is 6.21. The lowest BCUT2D eigenvalue weighted by molar-refractivity contribution is 0.0596. The fourth-order valence-corrected chi connectivity index (χ4v) is 1.75. The molecule has 0 radical (unpaired) electrons. The molecule has 0 unspecified atom stereocenters. The van der Waals surface area contributed by atoms with Gasteiger partial charge in [-0.05, 0) is 30.3 Å². The van der Waals surface area contributed by atoms with Crippen LogP contribution in [0.2, 0.25) is 0 Å². The van der Waals surface area contributed by atoms with Gasteiger partial charge in [0.2, 0.25) is 0 Å². The number of ether oxygens (including phenoxy) is 2. The minimum Gasteiger partial charge on any atom is -0.492 e. The number of hydrogen-bond acceptors (Lipinski definition) is 5. The van der Waals surface area contributed by atoms with E-state index in [9.17, 15) is 4.79 Å². The van der Waals surface area contributed by atoms with Crippen LogP contribution in [0.4, 0.5) is 5.69 Å². The van der Waals surface area contributed by atoms with Gasteiger partial charge in [-0.15, -0.1) is 0 Å². The van der Waals surface area contributed by atoms with Crippen molar-refractivity contribution in [3.8, 4) is 5.75 Å². The fraction of sp³-hybridized carbons (Fsp3) is 0.200. The van der Waals surface area contributed by atoms with Gasteiger partial charge in [-0.1, -0.05) is 6.07 Å². The van der Waals surface area contributed by atoms with Gasteiger partial charge in [0.05, 0.1) is 13.7 Å². The highest BCUT2D eigenvalue weighted by Crippen LogP contribution is 2.22. The van der Waals surface area contributed by atoms with Gasteiger partial charge in [-0.3, -0.25) is 4.98 Å². The predicted octanol–water partition coefficient (Wildman–Crippen LogP) is 2.07. The van der Waals surface area contributed by atoms with Gasteiger partial charge < -0.3 is 15.2 Å². The maximum atomic E-state index is 11.6. The Labute approximate surface area is 117 Å². The molecule has 0 atom stereocenters. The van der Waals surface area contributed by atoms with Gasteiger partial charge in [-0.2, -0.15) is 0 Å². The molecule has 20 heavy (non-hydrogen) atoms. The molecule has 1 heterocycles. The summed E-state index contributed by atoms with van der Waals surface area (Å²) >= 11 is 0. The molecule has 5 heteroatoms. The van der Waals surface area contributed by atoms with E-state index in [0.717, 1.165) is 5.69 Å². The monoisotopic (exact) mass is 272 g/mol. The largest absolute Gasteiger partial charge is 0.492 e. The molecular weight excluding hydrogens is 256 g/mol. The number of carbonyl (C=O) groups excluding carboxylic acids is 1. The predicted molar refractivity (Wildman–Crippen MR) is 75.6 cm³/mol. The van der Waals surface area contributed by atoms with Crippen LogP contribution in [-0.2, 0) is 11.2 Å². The third-order valence-electron chi connectivity index (χ3n) is 2.75. The molecule has 0 amide bonds. The number of benzene rings is 1. The van der Waals surface area contributed by atoms with Crippen molar-refractivity contribution in [1.82, 2.24) is 4.98 Å². The van der Waals surface area contributed by atoms with Crippen LogP contribution in [0.1, 0.15) is 16.1 Å². The van der Waals surface area contributed by atoms with Crippen LogP contribution in [0.3, 0.4) is 0 Å². The van der Waals surface area contributed by atoms with E-state index in [0.29, 0.717) is 30.0 Å². The summed E-state index contributed by atoms with van der Waals surface area (Å²) in [4.78, 5) is 15.9. The van der Waals surface area contributed by atoms with Crippen molar-refractivity contribution in [2.75, 3.05) is 19.5 Å². The Bertz CT molecular complexity index is 585. The second-order valence-corrected chi connectivity index (χ2v) is 4.17. The Morgan fingerprint density at radius 2 is 2.15 bits per heavy atom. The molecule has 0 saturated heterocycles. The summed E-state index contributed by atoms with van der Waals surface area (Å²) in [5, 5.41) is 0. The van der Waals surface area contributed by atoms with Crippen molar-refractivity contribution in [3.05, 3.63) is 53.9 Å². The first-order chi connectivity index (χ1) is 9.70. The zero-order valence-corrected chi connectivity index (χ0v) is 11.2. The first kappa shape index (κ1) is 13.9. The Morgan fingerprint density at radius 3 is 2.85 bits per heavy atom. The lowest BCUT2D eigenvalue weighted by Gasteiger charge is -2.10. The maximum absolute atomic E-state index is 11.6. The minimum absolute atomic E-state index is 0.327. The average Bonchev–Trinajstić information content (AvgIpc) is 2.49. The molecular formula is C15H16N2O3. The molecule has 1 aromatic carbocycles. The highest BCUT2D eigenvalue weighted by atomic mass is 16.5. The third-order valence-corrected chi connectivity index (χ3v) is 2.75. The number of nitrogens with zero attached hydrogens (tertiary/aromatic N) is 1. The number of esters is 1. The Hall–Kier alpha value is -2.56. The second-order valence-electron chi connectivity index (χ2n) is 4.17. The van der Waals surface area contributed by atoms with Crippen LogP contribution in [0.15, 0.2) is 42.6 Å². The molecule has 2 rings (SSSR count). The standard InChI is InChI=1S/C15H16N2O3/c1-19-15(18)13-10-11(16)5-6-14(13)20-9-7-12-4-2-3-8-17-12/h2-6,8,10H,7,9,16H2,1H3. The van der Waals surface area contributed by atoms with Crippen LogP contribution >= 0.6 is 0 Å². The van der Waals surface area contributed by atoms with E-state index >= 15 is 0 Å². The molecule has 0 fully saturated rings. The van der Waals surface area contributed by atoms with Crippen molar-refractivity contribution in [3.63, 3.8) is 0 Å². The number of nitrogens with two attached hydrogens (primary N) is 1. The van der Waals surface area contributed by atoms with Crippen LogP contribution in [0.5, 0.6) is 5.75 Å². The summed E-state index contributed by atoms with van der Waals surface area (Å²) in [6, 6.07) is 10.6. The number of hydrogen-bond donors (Lipinski definition) is 1. The summed E-state index contributed by atoms with van der Waals surface area (Å²) in [6.07, 6.45) is 2.39. The zero-order chi connectivity index (χ0) is 14.4. The molecule has 2 N–H and O–H groups in total. The third kappa shape index (κ3) is 3.47. The number of carbonyl (C=O) groups is 1. The normalized spacial score (nSPS) is 10.1.